The van der Waals surface area contributed by atoms with E-state index in [1.807, 2.05) is 0 Å². The molecule has 1 aromatic carbocycles. The number of anilines is 1. The first-order chi connectivity index (χ1) is 6.80. The maximum atomic E-state index is 12.3. The Kier molecular flexibility index (Phi) is 3.46. The van der Waals surface area contributed by atoms with Gasteiger partial charge in [0.25, 0.3) is 0 Å². The van der Waals surface area contributed by atoms with E-state index < -0.39 is 18.0 Å². The predicted octanol–water partition coefficient (Wildman–Crippen LogP) is 3.11. The topological polar surface area (TPSA) is 32.3 Å². The monoisotopic (exact) mass is 239 g/mol. The molecule has 0 saturated carbocycles. The standard InChI is InChI=1S/C9H9ClF3NO/c1-5(15)14-8-4-6(9(11,12)13)2-3-7(8)10/h2-5,14-15H,1H3. The highest BCUT2D eigenvalue weighted by Gasteiger charge is 2.30. The molecule has 84 valence electrons. The lowest BCUT2D eigenvalue weighted by molar-refractivity contribution is -0.137. The minimum absolute atomic E-state index is 0.0569. The van der Waals surface area contributed by atoms with Gasteiger partial charge in [0.05, 0.1) is 16.3 Å². The Morgan fingerprint density at radius 1 is 1.40 bits per heavy atom. The van der Waals surface area contributed by atoms with Crippen molar-refractivity contribution in [2.45, 2.75) is 19.3 Å². The first kappa shape index (κ1) is 12.1. The third-order valence-electron chi connectivity index (χ3n) is 1.66. The van der Waals surface area contributed by atoms with Crippen molar-refractivity contribution in [1.82, 2.24) is 0 Å². The molecule has 0 fully saturated rings. The lowest BCUT2D eigenvalue weighted by atomic mass is 10.2. The summed E-state index contributed by atoms with van der Waals surface area (Å²) in [5.41, 5.74) is -0.753. The first-order valence-corrected chi connectivity index (χ1v) is 4.50. The number of benzene rings is 1. The molecular weight excluding hydrogens is 231 g/mol. The Bertz CT molecular complexity index is 352. The second kappa shape index (κ2) is 4.28. The van der Waals surface area contributed by atoms with Crippen LogP contribution in [-0.4, -0.2) is 11.3 Å². The summed E-state index contributed by atoms with van der Waals surface area (Å²) in [4.78, 5) is 0. The van der Waals surface area contributed by atoms with Crippen molar-refractivity contribution in [3.8, 4) is 0 Å². The van der Waals surface area contributed by atoms with Gasteiger partial charge in [-0.2, -0.15) is 13.2 Å². The lowest BCUT2D eigenvalue weighted by Gasteiger charge is -2.13. The minimum atomic E-state index is -4.42. The van der Waals surface area contributed by atoms with Crippen LogP contribution in [0.3, 0.4) is 0 Å². The molecule has 1 atom stereocenters. The van der Waals surface area contributed by atoms with E-state index >= 15 is 0 Å². The maximum absolute atomic E-state index is 12.3. The van der Waals surface area contributed by atoms with Crippen molar-refractivity contribution in [3.05, 3.63) is 28.8 Å². The number of hydrogen-bond acceptors (Lipinski definition) is 2. The fraction of sp³-hybridized carbons (Fsp3) is 0.333. The molecule has 0 aliphatic heterocycles. The predicted molar refractivity (Wildman–Crippen MR) is 51.8 cm³/mol. The summed E-state index contributed by atoms with van der Waals surface area (Å²) in [6.07, 6.45) is -5.38. The molecule has 1 rings (SSSR count). The third kappa shape index (κ3) is 3.28. The molecule has 2 nitrogen and oxygen atoms in total. The van der Waals surface area contributed by atoms with E-state index in [0.29, 0.717) is 0 Å². The van der Waals surface area contributed by atoms with E-state index in [4.69, 9.17) is 16.7 Å². The Labute approximate surface area is 89.7 Å². The zero-order chi connectivity index (χ0) is 11.6. The summed E-state index contributed by atoms with van der Waals surface area (Å²) < 4.78 is 36.9. The van der Waals surface area contributed by atoms with Crippen molar-refractivity contribution < 1.29 is 18.3 Å². The Morgan fingerprint density at radius 3 is 2.47 bits per heavy atom. The van der Waals surface area contributed by atoms with Gasteiger partial charge in [0.2, 0.25) is 0 Å². The van der Waals surface area contributed by atoms with Gasteiger partial charge in [0.15, 0.2) is 0 Å². The van der Waals surface area contributed by atoms with E-state index in [-0.39, 0.29) is 10.7 Å². The summed E-state index contributed by atoms with van der Waals surface area (Å²) in [7, 11) is 0. The van der Waals surface area contributed by atoms with E-state index in [0.717, 1.165) is 18.2 Å². The van der Waals surface area contributed by atoms with Crippen LogP contribution in [0.15, 0.2) is 18.2 Å². The molecule has 1 aromatic rings. The summed E-state index contributed by atoms with van der Waals surface area (Å²) in [6, 6.07) is 2.87. The average Bonchev–Trinajstić information content (AvgIpc) is 2.06. The zero-order valence-electron chi connectivity index (χ0n) is 7.77. The van der Waals surface area contributed by atoms with Crippen molar-refractivity contribution in [1.29, 1.82) is 0 Å². The molecule has 0 aliphatic carbocycles. The number of hydrogen-bond donors (Lipinski definition) is 2. The Balaban J connectivity index is 3.06. The molecule has 0 aromatic heterocycles. The van der Waals surface area contributed by atoms with Gasteiger partial charge in [0.1, 0.15) is 6.23 Å². The van der Waals surface area contributed by atoms with E-state index in [2.05, 4.69) is 5.32 Å². The van der Waals surface area contributed by atoms with Crippen LogP contribution in [0.4, 0.5) is 18.9 Å². The molecule has 6 heteroatoms. The highest BCUT2D eigenvalue weighted by Crippen LogP contribution is 2.33. The Morgan fingerprint density at radius 2 is 2.00 bits per heavy atom. The quantitative estimate of drug-likeness (QED) is 0.778. The number of aliphatic hydroxyl groups is 1. The molecule has 15 heavy (non-hydrogen) atoms. The number of rotatable bonds is 2. The van der Waals surface area contributed by atoms with Gasteiger partial charge in [0, 0.05) is 0 Å². The van der Waals surface area contributed by atoms with Gasteiger partial charge >= 0.3 is 6.18 Å². The van der Waals surface area contributed by atoms with Crippen molar-refractivity contribution >= 4 is 17.3 Å². The SMILES string of the molecule is CC(O)Nc1cc(C(F)(F)F)ccc1Cl. The van der Waals surface area contributed by atoms with Crippen LogP contribution in [0.5, 0.6) is 0 Å². The number of nitrogens with one attached hydrogen (secondary N) is 1. The Hall–Kier alpha value is -0.940. The molecule has 0 bridgehead atoms. The largest absolute Gasteiger partial charge is 0.416 e. The molecule has 0 aliphatic rings. The van der Waals surface area contributed by atoms with Crippen LogP contribution in [0.25, 0.3) is 0 Å². The molecule has 0 amide bonds. The van der Waals surface area contributed by atoms with Gasteiger partial charge in [-0.25, -0.2) is 0 Å². The van der Waals surface area contributed by atoms with Gasteiger partial charge < -0.3 is 10.4 Å². The van der Waals surface area contributed by atoms with Crippen LogP contribution in [0.1, 0.15) is 12.5 Å². The molecule has 0 radical (unpaired) electrons. The number of alkyl halides is 3. The molecule has 0 saturated heterocycles. The molecule has 0 heterocycles. The molecule has 0 spiro atoms. The summed E-state index contributed by atoms with van der Waals surface area (Å²) in [5.74, 6) is 0. The van der Waals surface area contributed by atoms with Crippen molar-refractivity contribution in [2.75, 3.05) is 5.32 Å². The highest BCUT2D eigenvalue weighted by atomic mass is 35.5. The second-order valence-electron chi connectivity index (χ2n) is 3.01. The maximum Gasteiger partial charge on any atom is 0.416 e. The van der Waals surface area contributed by atoms with Crippen LogP contribution >= 0.6 is 11.6 Å². The summed E-state index contributed by atoms with van der Waals surface area (Å²) in [5, 5.41) is 11.5. The van der Waals surface area contributed by atoms with E-state index in [1.54, 1.807) is 0 Å². The smallest absolute Gasteiger partial charge is 0.374 e. The highest BCUT2D eigenvalue weighted by molar-refractivity contribution is 6.33. The zero-order valence-corrected chi connectivity index (χ0v) is 8.52. The van der Waals surface area contributed by atoms with Crippen molar-refractivity contribution in [3.63, 3.8) is 0 Å². The third-order valence-corrected chi connectivity index (χ3v) is 1.99. The minimum Gasteiger partial charge on any atom is -0.374 e. The number of halogens is 4. The van der Waals surface area contributed by atoms with Crippen LogP contribution in [-0.2, 0) is 6.18 Å². The summed E-state index contributed by atoms with van der Waals surface area (Å²) >= 11 is 5.65. The van der Waals surface area contributed by atoms with Gasteiger partial charge in [-0.3, -0.25) is 0 Å². The van der Waals surface area contributed by atoms with Crippen LogP contribution in [0, 0.1) is 0 Å². The van der Waals surface area contributed by atoms with E-state index in [9.17, 15) is 13.2 Å². The van der Waals surface area contributed by atoms with Gasteiger partial charge in [-0.15, -0.1) is 0 Å². The van der Waals surface area contributed by atoms with Gasteiger partial charge in [-0.05, 0) is 25.1 Å². The van der Waals surface area contributed by atoms with Crippen LogP contribution in [0.2, 0.25) is 5.02 Å². The van der Waals surface area contributed by atoms with Crippen LogP contribution < -0.4 is 5.32 Å². The average molecular weight is 240 g/mol. The van der Waals surface area contributed by atoms with Crippen molar-refractivity contribution in [2.24, 2.45) is 0 Å². The normalized spacial score (nSPS) is 13.7. The fourth-order valence-corrected chi connectivity index (χ4v) is 1.21. The second-order valence-corrected chi connectivity index (χ2v) is 3.42. The molecule has 2 N–H and O–H groups in total. The number of aliphatic hydroxyl groups excluding tert-OH is 1. The summed E-state index contributed by atoms with van der Waals surface area (Å²) in [6.45, 7) is 1.39. The van der Waals surface area contributed by atoms with E-state index in [1.165, 1.54) is 6.92 Å². The molecular formula is C9H9ClF3NO. The molecule has 1 unspecified atom stereocenters. The van der Waals surface area contributed by atoms with Gasteiger partial charge in [-0.1, -0.05) is 11.6 Å². The fourth-order valence-electron chi connectivity index (χ4n) is 1.04. The lowest BCUT2D eigenvalue weighted by Crippen LogP contribution is -2.14. The first-order valence-electron chi connectivity index (χ1n) is 4.12.